The van der Waals surface area contributed by atoms with Gasteiger partial charge in [0.05, 0.1) is 0 Å². The Kier molecular flexibility index (Phi) is 3.35. The number of hydrogen-bond acceptors (Lipinski definition) is 2. The van der Waals surface area contributed by atoms with E-state index >= 15 is 0 Å². The van der Waals surface area contributed by atoms with Gasteiger partial charge in [-0.25, -0.2) is 0 Å². The molecule has 0 amide bonds. The van der Waals surface area contributed by atoms with E-state index in [2.05, 4.69) is 6.92 Å². The summed E-state index contributed by atoms with van der Waals surface area (Å²) in [7, 11) is 0. The molecule has 0 heterocycles. The van der Waals surface area contributed by atoms with Crippen molar-refractivity contribution in [3.8, 4) is 0 Å². The van der Waals surface area contributed by atoms with E-state index in [0.717, 1.165) is 28.1 Å². The van der Waals surface area contributed by atoms with Crippen LogP contribution in [0.1, 0.15) is 22.8 Å². The molecule has 0 bridgehead atoms. The topological polar surface area (TPSA) is 17.1 Å². The van der Waals surface area contributed by atoms with Crippen molar-refractivity contribution < 1.29 is 4.79 Å². The van der Waals surface area contributed by atoms with Gasteiger partial charge in [-0.3, -0.25) is 4.79 Å². The maximum Gasteiger partial charge on any atom is 0.151 e. The molecule has 0 fully saturated rings. The number of benzene rings is 1. The summed E-state index contributed by atoms with van der Waals surface area (Å²) in [6, 6.07) is 5.96. The number of carbonyl (C=O) groups excluding carboxylic acids is 1. The van der Waals surface area contributed by atoms with Crippen molar-refractivity contribution in [2.24, 2.45) is 0 Å². The lowest BCUT2D eigenvalue weighted by Gasteiger charge is -2.02. The molecule has 0 unspecified atom stereocenters. The fourth-order valence-electron chi connectivity index (χ4n) is 1.05. The summed E-state index contributed by atoms with van der Waals surface area (Å²) < 4.78 is 0. The molecular formula is C10H12OS. The van der Waals surface area contributed by atoms with Crippen LogP contribution >= 0.6 is 11.8 Å². The summed E-state index contributed by atoms with van der Waals surface area (Å²) in [5.41, 5.74) is 1.94. The van der Waals surface area contributed by atoms with Gasteiger partial charge < -0.3 is 0 Å². The first-order chi connectivity index (χ1) is 5.77. The molecule has 0 aromatic heterocycles. The molecule has 2 heteroatoms. The van der Waals surface area contributed by atoms with E-state index in [1.165, 1.54) is 0 Å². The van der Waals surface area contributed by atoms with Crippen LogP contribution in [0.2, 0.25) is 0 Å². The fourth-order valence-corrected chi connectivity index (χ4v) is 1.80. The van der Waals surface area contributed by atoms with Crippen LogP contribution in [0.15, 0.2) is 23.1 Å². The third-order valence-corrected chi connectivity index (χ3v) is 2.56. The molecule has 64 valence electrons. The first-order valence-electron chi connectivity index (χ1n) is 3.96. The molecular weight excluding hydrogens is 168 g/mol. The molecule has 1 rings (SSSR count). The Morgan fingerprint density at radius 1 is 1.50 bits per heavy atom. The average Bonchev–Trinajstić information content (AvgIpc) is 2.08. The van der Waals surface area contributed by atoms with Gasteiger partial charge in [0.1, 0.15) is 0 Å². The summed E-state index contributed by atoms with van der Waals surface area (Å²) in [6.45, 7) is 4.08. The van der Waals surface area contributed by atoms with E-state index in [4.69, 9.17) is 0 Å². The molecule has 0 atom stereocenters. The van der Waals surface area contributed by atoms with Crippen molar-refractivity contribution in [3.05, 3.63) is 29.3 Å². The van der Waals surface area contributed by atoms with Crippen molar-refractivity contribution in [3.63, 3.8) is 0 Å². The van der Waals surface area contributed by atoms with Crippen LogP contribution < -0.4 is 0 Å². The van der Waals surface area contributed by atoms with E-state index in [-0.39, 0.29) is 0 Å². The van der Waals surface area contributed by atoms with E-state index in [1.54, 1.807) is 11.8 Å². The molecule has 0 spiro atoms. The Morgan fingerprint density at radius 2 is 2.25 bits per heavy atom. The van der Waals surface area contributed by atoms with E-state index in [1.807, 2.05) is 25.1 Å². The van der Waals surface area contributed by atoms with Gasteiger partial charge in [0.2, 0.25) is 0 Å². The van der Waals surface area contributed by atoms with Crippen LogP contribution in [0, 0.1) is 6.92 Å². The summed E-state index contributed by atoms with van der Waals surface area (Å²) in [4.78, 5) is 11.7. The molecule has 0 N–H and O–H groups in total. The minimum Gasteiger partial charge on any atom is -0.298 e. The normalized spacial score (nSPS) is 9.83. The lowest BCUT2D eigenvalue weighted by Crippen LogP contribution is -1.86. The number of aryl methyl sites for hydroxylation is 1. The highest BCUT2D eigenvalue weighted by Gasteiger charge is 2.00. The third-order valence-electron chi connectivity index (χ3n) is 1.59. The SMILES string of the molecule is CCSc1ccc(C)cc1C=O. The quantitative estimate of drug-likeness (QED) is 0.525. The Bertz CT molecular complexity index is 281. The highest BCUT2D eigenvalue weighted by Crippen LogP contribution is 2.21. The monoisotopic (exact) mass is 180 g/mol. The standard InChI is InChI=1S/C10H12OS/c1-3-12-10-5-4-8(2)6-9(10)7-11/h4-7H,3H2,1-2H3. The highest BCUT2D eigenvalue weighted by atomic mass is 32.2. The van der Waals surface area contributed by atoms with Crippen molar-refractivity contribution >= 4 is 18.0 Å². The highest BCUT2D eigenvalue weighted by molar-refractivity contribution is 7.99. The van der Waals surface area contributed by atoms with Crippen LogP contribution in [0.3, 0.4) is 0 Å². The smallest absolute Gasteiger partial charge is 0.151 e. The predicted molar refractivity (Wildman–Crippen MR) is 53.0 cm³/mol. The summed E-state index contributed by atoms with van der Waals surface area (Å²) >= 11 is 1.70. The fraction of sp³-hybridized carbons (Fsp3) is 0.300. The lowest BCUT2D eigenvalue weighted by molar-refractivity contribution is 0.112. The van der Waals surface area contributed by atoms with Gasteiger partial charge in [0.25, 0.3) is 0 Å². The largest absolute Gasteiger partial charge is 0.298 e. The maximum absolute atomic E-state index is 10.6. The summed E-state index contributed by atoms with van der Waals surface area (Å²) in [6.07, 6.45) is 0.922. The lowest BCUT2D eigenvalue weighted by atomic mass is 10.2. The van der Waals surface area contributed by atoms with Gasteiger partial charge in [0.15, 0.2) is 6.29 Å². The zero-order valence-electron chi connectivity index (χ0n) is 7.33. The van der Waals surface area contributed by atoms with Crippen molar-refractivity contribution in [1.82, 2.24) is 0 Å². The number of aldehydes is 1. The zero-order valence-corrected chi connectivity index (χ0v) is 8.15. The molecule has 0 aliphatic carbocycles. The van der Waals surface area contributed by atoms with Crippen molar-refractivity contribution in [1.29, 1.82) is 0 Å². The maximum atomic E-state index is 10.6. The minimum atomic E-state index is 0.807. The summed E-state index contributed by atoms with van der Waals surface area (Å²) in [5.74, 6) is 1.00. The van der Waals surface area contributed by atoms with E-state index in [9.17, 15) is 4.79 Å². The van der Waals surface area contributed by atoms with Crippen LogP contribution in [-0.4, -0.2) is 12.0 Å². The number of rotatable bonds is 3. The van der Waals surface area contributed by atoms with Crippen LogP contribution in [-0.2, 0) is 0 Å². The van der Waals surface area contributed by atoms with Gasteiger partial charge in [-0.2, -0.15) is 0 Å². The van der Waals surface area contributed by atoms with Gasteiger partial charge in [-0.1, -0.05) is 18.6 Å². The zero-order chi connectivity index (χ0) is 8.97. The second-order valence-electron chi connectivity index (χ2n) is 2.59. The predicted octanol–water partition coefficient (Wildman–Crippen LogP) is 2.92. The molecule has 0 aliphatic heterocycles. The Balaban J connectivity index is 3.02. The first kappa shape index (κ1) is 9.33. The summed E-state index contributed by atoms with van der Waals surface area (Å²) in [5, 5.41) is 0. The molecule has 1 aromatic carbocycles. The van der Waals surface area contributed by atoms with Crippen LogP contribution in [0.4, 0.5) is 0 Å². The number of thioether (sulfide) groups is 1. The molecule has 0 saturated carbocycles. The van der Waals surface area contributed by atoms with Gasteiger partial charge >= 0.3 is 0 Å². The molecule has 0 saturated heterocycles. The Hall–Kier alpha value is -0.760. The number of hydrogen-bond donors (Lipinski definition) is 0. The number of carbonyl (C=O) groups is 1. The Labute approximate surface area is 77.2 Å². The van der Waals surface area contributed by atoms with Crippen LogP contribution in [0.25, 0.3) is 0 Å². The van der Waals surface area contributed by atoms with Crippen molar-refractivity contribution in [2.75, 3.05) is 5.75 Å². The molecule has 1 nitrogen and oxygen atoms in total. The van der Waals surface area contributed by atoms with Gasteiger partial charge in [0, 0.05) is 10.5 Å². The first-order valence-corrected chi connectivity index (χ1v) is 4.95. The molecule has 0 radical (unpaired) electrons. The van der Waals surface area contributed by atoms with Crippen LogP contribution in [0.5, 0.6) is 0 Å². The average molecular weight is 180 g/mol. The van der Waals surface area contributed by atoms with Crippen molar-refractivity contribution in [2.45, 2.75) is 18.7 Å². The second kappa shape index (κ2) is 4.31. The van der Waals surface area contributed by atoms with E-state index < -0.39 is 0 Å². The van der Waals surface area contributed by atoms with Gasteiger partial charge in [-0.15, -0.1) is 11.8 Å². The second-order valence-corrected chi connectivity index (χ2v) is 3.90. The minimum absolute atomic E-state index is 0.807. The Morgan fingerprint density at radius 3 is 2.83 bits per heavy atom. The molecule has 1 aromatic rings. The molecule has 0 aliphatic rings. The molecule has 12 heavy (non-hydrogen) atoms. The van der Waals surface area contributed by atoms with Gasteiger partial charge in [-0.05, 0) is 24.8 Å². The third kappa shape index (κ3) is 2.11. The van der Waals surface area contributed by atoms with E-state index in [0.29, 0.717) is 0 Å².